The van der Waals surface area contributed by atoms with Crippen LogP contribution in [0.3, 0.4) is 0 Å². The summed E-state index contributed by atoms with van der Waals surface area (Å²) < 4.78 is 34.3. The molecular formula is C83H84N14O13S2. The summed E-state index contributed by atoms with van der Waals surface area (Å²) >= 11 is 2.32. The summed E-state index contributed by atoms with van der Waals surface area (Å²) in [6.45, 7) is 11.6. The highest BCUT2D eigenvalue weighted by atomic mass is 32.1. The maximum atomic E-state index is 13.7. The molecule has 29 heteroatoms. The molecule has 0 spiro atoms. The molecule has 12 rings (SSSR count). The van der Waals surface area contributed by atoms with E-state index in [1.807, 2.05) is 79.7 Å². The van der Waals surface area contributed by atoms with Crippen LogP contribution in [0.4, 0.5) is 55.5 Å². The largest absolute Gasteiger partial charge is 0.497 e. The Balaban J connectivity index is 0.000000245. The number of ether oxygens (including phenoxy) is 4. The van der Waals surface area contributed by atoms with Gasteiger partial charge in [0.05, 0.1) is 70.3 Å². The van der Waals surface area contributed by atoms with Crippen molar-refractivity contribution in [1.29, 1.82) is 10.8 Å². The lowest BCUT2D eigenvalue weighted by molar-refractivity contribution is -0.115. The highest BCUT2D eigenvalue weighted by Gasteiger charge is 2.46. The van der Waals surface area contributed by atoms with Crippen LogP contribution < -0.4 is 45.5 Å². The molecule has 0 saturated heterocycles. The number of nitrogens with zero attached hydrogens (tertiary/aromatic N) is 7. The Kier molecular flexibility index (Phi) is 30.4. The third-order valence-electron chi connectivity index (χ3n) is 17.4. The van der Waals surface area contributed by atoms with Crippen molar-refractivity contribution < 1.29 is 62.1 Å². The average Bonchev–Trinajstić information content (AvgIpc) is 1.58. The first-order chi connectivity index (χ1) is 54.1. The van der Waals surface area contributed by atoms with E-state index in [0.717, 1.165) is 87.1 Å². The van der Waals surface area contributed by atoms with Crippen LogP contribution in [0.25, 0.3) is 21.8 Å². The summed E-state index contributed by atoms with van der Waals surface area (Å²) in [5.41, 5.74) is 9.08. The Hall–Kier alpha value is -12.9. The van der Waals surface area contributed by atoms with Crippen LogP contribution in [0.1, 0.15) is 161 Å². The maximum Gasteiger partial charge on any atom is 0.231 e. The smallest absolute Gasteiger partial charge is 0.231 e. The van der Waals surface area contributed by atoms with Gasteiger partial charge >= 0.3 is 0 Å². The maximum absolute atomic E-state index is 13.7. The van der Waals surface area contributed by atoms with Gasteiger partial charge in [-0.1, -0.05) is 155 Å². The number of benzene rings is 8. The van der Waals surface area contributed by atoms with E-state index in [9.17, 15) is 33.6 Å². The zero-order chi connectivity index (χ0) is 80.2. The molecule has 3 heterocycles. The summed E-state index contributed by atoms with van der Waals surface area (Å²) in [6.07, 6.45) is 12.5. The summed E-state index contributed by atoms with van der Waals surface area (Å²) in [4.78, 5) is 111. The second-order valence-electron chi connectivity index (χ2n) is 26.0. The fourth-order valence-electron chi connectivity index (χ4n) is 12.6. The molecule has 8 aromatic carbocycles. The number of azo groups is 2. The highest BCUT2D eigenvalue weighted by molar-refractivity contribution is 7.11. The van der Waals surface area contributed by atoms with Crippen molar-refractivity contribution in [3.8, 4) is 23.0 Å². The molecule has 0 fully saturated rings. The second kappa shape index (κ2) is 41.0. The number of hydrogen-bond donors (Lipinski definition) is 7. The Morgan fingerprint density at radius 2 is 1.03 bits per heavy atom. The Morgan fingerprint density at radius 1 is 0.545 bits per heavy atom. The van der Waals surface area contributed by atoms with Gasteiger partial charge in [0, 0.05) is 74.2 Å². The van der Waals surface area contributed by atoms with Crippen LogP contribution in [-0.4, -0.2) is 81.4 Å². The first kappa shape index (κ1) is 83.1. The van der Waals surface area contributed by atoms with Crippen molar-refractivity contribution in [1.82, 2.24) is 8.75 Å². The van der Waals surface area contributed by atoms with E-state index in [2.05, 4.69) is 68.8 Å². The number of aliphatic imine (C=N–C) groups is 1. The number of carbonyl (C=O) groups is 7. The monoisotopic (exact) mass is 1550 g/mol. The Morgan fingerprint density at radius 3 is 1.54 bits per heavy atom. The number of para-hydroxylation sites is 2. The van der Waals surface area contributed by atoms with Crippen LogP contribution in [0.5, 0.6) is 23.0 Å². The SMILES string of the molecule is CCCCCCCCCCCCOc1ccccc1C(Oc1c(NC(C)=O)cc(N=Nc2snc3ccc(NC(C)=O)cc23)cc1NC(C)=O)C1=Nc2ccccc2C1.COc1ccc2nsc(N=Nc3cc(NC(C)=O)c(OC(c4cccc(C)c4)C4C(=O)c5ccccc5C4=O)c(NC(C)=O)c3)c2c1.N=C=O.N=C=O. The molecule has 5 amide bonds. The van der Waals surface area contributed by atoms with E-state index in [-0.39, 0.29) is 69.2 Å². The number of amides is 5. The number of isocyanates is 2. The van der Waals surface area contributed by atoms with Crippen molar-refractivity contribution in [3.05, 3.63) is 191 Å². The zero-order valence-corrected chi connectivity index (χ0v) is 64.6. The van der Waals surface area contributed by atoms with Crippen LogP contribution in [0.15, 0.2) is 183 Å². The number of Topliss-reactive ketones (excluding diaryl/α,β-unsaturated/α-hetero) is 2. The third kappa shape index (κ3) is 22.6. The zero-order valence-electron chi connectivity index (χ0n) is 63.0. The molecule has 1 aliphatic carbocycles. The van der Waals surface area contributed by atoms with Crippen molar-refractivity contribution in [2.75, 3.05) is 40.3 Å². The predicted molar refractivity (Wildman–Crippen MR) is 433 cm³/mol. The molecule has 0 bridgehead atoms. The lowest BCUT2D eigenvalue weighted by Gasteiger charge is -2.27. The number of methoxy groups -OCH3 is 1. The molecule has 112 heavy (non-hydrogen) atoms. The number of nitrogens with one attached hydrogen (secondary N) is 7. The van der Waals surface area contributed by atoms with Crippen molar-refractivity contribution in [3.63, 3.8) is 0 Å². The minimum Gasteiger partial charge on any atom is -0.497 e. The van der Waals surface area contributed by atoms with Gasteiger partial charge in [0.25, 0.3) is 0 Å². The second-order valence-corrected chi connectivity index (χ2v) is 27.5. The van der Waals surface area contributed by atoms with Gasteiger partial charge in [-0.05, 0) is 120 Å². The fourth-order valence-corrected chi connectivity index (χ4v) is 14.0. The van der Waals surface area contributed by atoms with E-state index in [1.165, 1.54) is 98.1 Å². The highest BCUT2D eigenvalue weighted by Crippen LogP contribution is 2.48. The molecule has 2 aromatic heterocycles. The minimum atomic E-state index is -1.21. The first-order valence-corrected chi connectivity index (χ1v) is 37.6. The number of ketones is 2. The van der Waals surface area contributed by atoms with E-state index in [1.54, 1.807) is 73.8 Å². The van der Waals surface area contributed by atoms with Gasteiger partial charge < -0.3 is 45.5 Å². The number of aromatic nitrogens is 2. The molecule has 1 aliphatic heterocycles. The first-order valence-electron chi connectivity index (χ1n) is 36.1. The topological polar surface area (TPSA) is 386 Å². The number of unbranched alkanes of at least 4 members (excludes halogenated alkanes) is 9. The van der Waals surface area contributed by atoms with Crippen LogP contribution in [0.2, 0.25) is 0 Å². The standard InChI is InChI=1S/C46H53N7O5S.C35H29N5O6S.2CHNO/c1-5-6-7-8-9-10-11-12-13-18-25-57-43-22-17-15-20-36(43)44(40-26-33-19-14-16-21-38(33)50-40)58-45-41(48-31(3)55)28-35(29-42(45)49-32(4)56)51-52-46-37-27-34(47-30(2)54)23-24-39(37)53-59-46;1-18-8-7-9-21(14-18)33(30-31(43)24-10-5-6-11-25(24)32(30)44)46-34-28(36-19(2)41)15-22(16-29(34)37-20(3)42)38-39-35-26-17-23(45-4)12-13-27(26)40-47-35;2*2-1-3/h14-17,19-24,27-29,44H,5-13,18,25-26H2,1-4H3,(H,47,54)(H,48,55)(H,49,56);5-17,30,33H,1-4H3,(H,36,41)(H,37,42);2*2H. The molecule has 0 radical (unpaired) electrons. The molecule has 0 saturated carbocycles. The predicted octanol–water partition coefficient (Wildman–Crippen LogP) is 19.9. The van der Waals surface area contributed by atoms with Gasteiger partial charge in [-0.15, -0.1) is 20.5 Å². The van der Waals surface area contributed by atoms with Crippen molar-refractivity contribution >= 4 is 159 Å². The van der Waals surface area contributed by atoms with Crippen LogP contribution in [0, 0.1) is 23.7 Å². The summed E-state index contributed by atoms with van der Waals surface area (Å²) in [7, 11) is 1.57. The normalized spacial score (nSPS) is 12.4. The summed E-state index contributed by atoms with van der Waals surface area (Å²) in [6, 6.07) is 46.9. The van der Waals surface area contributed by atoms with Gasteiger partial charge in [-0.3, -0.25) is 38.6 Å². The molecule has 576 valence electrons. The van der Waals surface area contributed by atoms with Crippen LogP contribution in [-0.2, 0) is 40.0 Å². The number of carbonyl (C=O) groups excluding carboxylic acids is 9. The van der Waals surface area contributed by atoms with E-state index >= 15 is 0 Å². The van der Waals surface area contributed by atoms with Crippen molar-refractivity contribution in [2.24, 2.45) is 31.4 Å². The summed E-state index contributed by atoms with van der Waals surface area (Å²) in [5, 5.41) is 45.2. The van der Waals surface area contributed by atoms with E-state index < -0.39 is 29.9 Å². The number of rotatable bonds is 30. The van der Waals surface area contributed by atoms with Gasteiger partial charge in [0.1, 0.15) is 23.5 Å². The third-order valence-corrected chi connectivity index (χ3v) is 18.9. The quantitative estimate of drug-likeness (QED) is 0.00723. The average molecular weight is 1550 g/mol. The fraction of sp³-hybridized carbons (Fsp3) is 0.277. The van der Waals surface area contributed by atoms with Gasteiger partial charge in [0.15, 0.2) is 39.2 Å². The van der Waals surface area contributed by atoms with Gasteiger partial charge in [0.2, 0.25) is 41.7 Å². The Bertz CT molecular complexity index is 5150. The minimum absolute atomic E-state index is 0.0467. The van der Waals surface area contributed by atoms with Gasteiger partial charge in [-0.2, -0.15) is 8.75 Å². The molecule has 2 unspecified atom stereocenters. The lowest BCUT2D eigenvalue weighted by Crippen LogP contribution is -2.28. The van der Waals surface area contributed by atoms with Crippen LogP contribution >= 0.6 is 23.1 Å². The molecule has 27 nitrogen and oxygen atoms in total. The Labute approximate surface area is 654 Å². The number of hydrogen-bond acceptors (Lipinski definition) is 24. The summed E-state index contributed by atoms with van der Waals surface area (Å²) in [5.74, 6) is -2.11. The molecule has 10 aromatic rings. The molecule has 7 N–H and O–H groups in total. The van der Waals surface area contributed by atoms with E-state index in [0.29, 0.717) is 73.5 Å². The number of anilines is 5. The number of fused-ring (bicyclic) bond motifs is 4. The van der Waals surface area contributed by atoms with E-state index in [4.69, 9.17) is 44.3 Å². The van der Waals surface area contributed by atoms with Crippen molar-refractivity contribution in [2.45, 2.75) is 131 Å². The molecule has 2 atom stereocenters. The lowest BCUT2D eigenvalue weighted by atomic mass is 9.90. The number of aryl methyl sites for hydroxylation is 1. The molecular weight excluding hydrogens is 1470 g/mol. The molecule has 2 aliphatic rings. The van der Waals surface area contributed by atoms with Gasteiger partial charge in [-0.25, -0.2) is 20.4 Å².